The summed E-state index contributed by atoms with van der Waals surface area (Å²) in [5.41, 5.74) is 1.80. The Labute approximate surface area is 113 Å². The lowest BCUT2D eigenvalue weighted by Crippen LogP contribution is -2.33. The summed E-state index contributed by atoms with van der Waals surface area (Å²) < 4.78 is 0. The molecule has 1 atom stereocenters. The number of benzene rings is 1. The zero-order valence-corrected chi connectivity index (χ0v) is 11.0. The second kappa shape index (κ2) is 6.38. The Kier molecular flexibility index (Phi) is 4.58. The minimum atomic E-state index is -0.403. The quantitative estimate of drug-likeness (QED) is 0.798. The van der Waals surface area contributed by atoms with Crippen molar-refractivity contribution in [1.29, 1.82) is 0 Å². The molecule has 0 spiro atoms. The van der Waals surface area contributed by atoms with Gasteiger partial charge in [-0.05, 0) is 25.0 Å². The number of amides is 1. The van der Waals surface area contributed by atoms with Gasteiger partial charge in [0.25, 0.3) is 0 Å². The summed E-state index contributed by atoms with van der Waals surface area (Å²) in [6.45, 7) is 4.84. The summed E-state index contributed by atoms with van der Waals surface area (Å²) in [4.78, 5) is 13.7. The first kappa shape index (κ1) is 13.6. The van der Waals surface area contributed by atoms with Crippen molar-refractivity contribution in [3.8, 4) is 0 Å². The van der Waals surface area contributed by atoms with Crippen LogP contribution < -0.4 is 10.2 Å². The molecule has 4 heteroatoms. The fourth-order valence-corrected chi connectivity index (χ4v) is 2.27. The minimum Gasteiger partial charge on any atom is -0.391 e. The molecule has 102 valence electrons. The lowest BCUT2D eigenvalue weighted by molar-refractivity contribution is -0.116. The number of allylic oxidation sites excluding steroid dienone is 1. The monoisotopic (exact) mass is 260 g/mol. The first-order chi connectivity index (χ1) is 9.20. The van der Waals surface area contributed by atoms with Crippen LogP contribution in [0.4, 0.5) is 11.4 Å². The molecule has 19 heavy (non-hydrogen) atoms. The summed E-state index contributed by atoms with van der Waals surface area (Å²) in [6.07, 6.45) is 3.35. The SMILES string of the molecule is C=CCCC(O)CN1CCC(=O)Nc2ccccc21. The number of para-hydroxylation sites is 2. The van der Waals surface area contributed by atoms with Crippen LogP contribution in [0.3, 0.4) is 0 Å². The van der Waals surface area contributed by atoms with Crippen LogP contribution in [0.25, 0.3) is 0 Å². The van der Waals surface area contributed by atoms with Crippen LogP contribution in [0.15, 0.2) is 36.9 Å². The predicted octanol–water partition coefficient (Wildman–Crippen LogP) is 2.16. The van der Waals surface area contributed by atoms with Gasteiger partial charge in [0.05, 0.1) is 17.5 Å². The largest absolute Gasteiger partial charge is 0.391 e. The molecule has 1 aromatic carbocycles. The lowest BCUT2D eigenvalue weighted by Gasteiger charge is -2.26. The minimum absolute atomic E-state index is 0.0236. The van der Waals surface area contributed by atoms with Crippen molar-refractivity contribution in [2.24, 2.45) is 0 Å². The molecule has 1 aliphatic heterocycles. The van der Waals surface area contributed by atoms with Crippen LogP contribution in [-0.2, 0) is 4.79 Å². The van der Waals surface area contributed by atoms with Gasteiger partial charge in [0.1, 0.15) is 0 Å². The zero-order valence-electron chi connectivity index (χ0n) is 11.0. The van der Waals surface area contributed by atoms with E-state index in [9.17, 15) is 9.90 Å². The summed E-state index contributed by atoms with van der Waals surface area (Å²) >= 11 is 0. The van der Waals surface area contributed by atoms with Crippen LogP contribution in [-0.4, -0.2) is 30.2 Å². The number of aliphatic hydroxyl groups excluding tert-OH is 1. The Balaban J connectivity index is 2.12. The zero-order chi connectivity index (χ0) is 13.7. The van der Waals surface area contributed by atoms with Crippen molar-refractivity contribution in [3.05, 3.63) is 36.9 Å². The van der Waals surface area contributed by atoms with Crippen LogP contribution in [0.1, 0.15) is 19.3 Å². The van der Waals surface area contributed by atoms with Crippen molar-refractivity contribution < 1.29 is 9.90 Å². The van der Waals surface area contributed by atoms with E-state index in [2.05, 4.69) is 16.8 Å². The van der Waals surface area contributed by atoms with Gasteiger partial charge >= 0.3 is 0 Å². The van der Waals surface area contributed by atoms with E-state index in [1.807, 2.05) is 30.3 Å². The molecule has 1 aliphatic rings. The fourth-order valence-electron chi connectivity index (χ4n) is 2.27. The molecule has 1 unspecified atom stereocenters. The molecule has 0 aliphatic carbocycles. The maximum absolute atomic E-state index is 11.6. The topological polar surface area (TPSA) is 52.6 Å². The van der Waals surface area contributed by atoms with Crippen LogP contribution >= 0.6 is 0 Å². The average molecular weight is 260 g/mol. The maximum atomic E-state index is 11.6. The third kappa shape index (κ3) is 3.58. The number of carbonyl (C=O) groups is 1. The van der Waals surface area contributed by atoms with E-state index >= 15 is 0 Å². The Morgan fingerprint density at radius 2 is 2.26 bits per heavy atom. The van der Waals surface area contributed by atoms with Gasteiger partial charge in [-0.2, -0.15) is 0 Å². The second-order valence-corrected chi connectivity index (χ2v) is 4.78. The van der Waals surface area contributed by atoms with Crippen molar-refractivity contribution >= 4 is 17.3 Å². The molecule has 2 N–H and O–H groups in total. The van der Waals surface area contributed by atoms with Crippen molar-refractivity contribution in [2.45, 2.75) is 25.4 Å². The van der Waals surface area contributed by atoms with E-state index in [4.69, 9.17) is 0 Å². The van der Waals surface area contributed by atoms with Gasteiger partial charge in [0.2, 0.25) is 5.91 Å². The van der Waals surface area contributed by atoms with E-state index in [-0.39, 0.29) is 5.91 Å². The van der Waals surface area contributed by atoms with Gasteiger partial charge in [-0.1, -0.05) is 18.2 Å². The molecular formula is C15H20N2O2. The summed E-state index contributed by atoms with van der Waals surface area (Å²) in [7, 11) is 0. The highest BCUT2D eigenvalue weighted by atomic mass is 16.3. The first-order valence-electron chi connectivity index (χ1n) is 6.63. The van der Waals surface area contributed by atoms with Crippen LogP contribution in [0.5, 0.6) is 0 Å². The highest BCUT2D eigenvalue weighted by Crippen LogP contribution is 2.28. The van der Waals surface area contributed by atoms with Crippen LogP contribution in [0, 0.1) is 0 Å². The Bertz CT molecular complexity index is 459. The Morgan fingerprint density at radius 1 is 1.47 bits per heavy atom. The number of fused-ring (bicyclic) bond motifs is 1. The van der Waals surface area contributed by atoms with Crippen LogP contribution in [0.2, 0.25) is 0 Å². The molecule has 1 amide bonds. The second-order valence-electron chi connectivity index (χ2n) is 4.78. The van der Waals surface area contributed by atoms with Gasteiger partial charge in [-0.25, -0.2) is 0 Å². The fraction of sp³-hybridized carbons (Fsp3) is 0.400. The van der Waals surface area contributed by atoms with E-state index in [1.54, 1.807) is 0 Å². The number of carbonyl (C=O) groups excluding carboxylic acids is 1. The lowest BCUT2D eigenvalue weighted by atomic mass is 10.1. The van der Waals surface area contributed by atoms with Gasteiger partial charge in [-0.15, -0.1) is 6.58 Å². The number of aliphatic hydroxyl groups is 1. The number of hydrogen-bond acceptors (Lipinski definition) is 3. The smallest absolute Gasteiger partial charge is 0.226 e. The van der Waals surface area contributed by atoms with Gasteiger partial charge in [0.15, 0.2) is 0 Å². The molecule has 1 heterocycles. The standard InChI is InChI=1S/C15H20N2O2/c1-2-3-6-12(18)11-17-10-9-15(19)16-13-7-4-5-8-14(13)17/h2,4-5,7-8,12,18H,1,3,6,9-11H2,(H,16,19). The average Bonchev–Trinajstić information content (AvgIpc) is 2.56. The summed E-state index contributed by atoms with van der Waals surface area (Å²) in [5.74, 6) is 0.0236. The highest BCUT2D eigenvalue weighted by Gasteiger charge is 2.20. The van der Waals surface area contributed by atoms with Gasteiger partial charge in [0, 0.05) is 19.5 Å². The number of nitrogens with zero attached hydrogens (tertiary/aromatic N) is 1. The van der Waals surface area contributed by atoms with Gasteiger partial charge in [-0.3, -0.25) is 4.79 Å². The number of β-amino-alcohol motifs (C(OH)–C–C–N with tert-alkyl or cyclic N) is 1. The number of nitrogens with one attached hydrogen (secondary N) is 1. The molecule has 4 nitrogen and oxygen atoms in total. The number of hydrogen-bond donors (Lipinski definition) is 2. The maximum Gasteiger partial charge on any atom is 0.226 e. The molecule has 1 aromatic rings. The van der Waals surface area contributed by atoms with Gasteiger partial charge < -0.3 is 15.3 Å². The van der Waals surface area contributed by atoms with E-state index in [0.717, 1.165) is 17.8 Å². The summed E-state index contributed by atoms with van der Waals surface area (Å²) in [5, 5.41) is 12.9. The third-order valence-electron chi connectivity index (χ3n) is 3.26. The summed E-state index contributed by atoms with van der Waals surface area (Å²) in [6, 6.07) is 7.71. The molecule has 0 aromatic heterocycles. The molecule has 0 saturated carbocycles. The van der Waals surface area contributed by atoms with E-state index < -0.39 is 6.10 Å². The predicted molar refractivity (Wildman–Crippen MR) is 77.3 cm³/mol. The molecule has 0 fully saturated rings. The molecule has 0 bridgehead atoms. The molecule has 0 saturated heterocycles. The first-order valence-corrected chi connectivity index (χ1v) is 6.63. The Hall–Kier alpha value is -1.81. The highest BCUT2D eigenvalue weighted by molar-refractivity contribution is 5.96. The van der Waals surface area contributed by atoms with E-state index in [0.29, 0.717) is 25.9 Å². The molecular weight excluding hydrogens is 240 g/mol. The third-order valence-corrected chi connectivity index (χ3v) is 3.26. The normalized spacial score (nSPS) is 16.3. The number of anilines is 2. The number of rotatable bonds is 5. The van der Waals surface area contributed by atoms with Crippen molar-refractivity contribution in [2.75, 3.05) is 23.3 Å². The van der Waals surface area contributed by atoms with Crippen molar-refractivity contribution in [3.63, 3.8) is 0 Å². The molecule has 0 radical (unpaired) electrons. The molecule has 2 rings (SSSR count). The van der Waals surface area contributed by atoms with Crippen molar-refractivity contribution in [1.82, 2.24) is 0 Å². The van der Waals surface area contributed by atoms with E-state index in [1.165, 1.54) is 0 Å². The Morgan fingerprint density at radius 3 is 3.05 bits per heavy atom.